The Morgan fingerprint density at radius 1 is 1.00 bits per heavy atom. The van der Waals surface area contributed by atoms with E-state index in [0.29, 0.717) is 0 Å². The lowest BCUT2D eigenvalue weighted by Crippen LogP contribution is -2.25. The number of rotatable bonds is 6. The molecule has 2 saturated carbocycles. The molecule has 0 N–H and O–H groups in total. The molecule has 1 aromatic rings. The molecule has 146 valence electrons. The minimum Gasteiger partial charge on any atom is -0.195 e. The number of nitriles is 1. The van der Waals surface area contributed by atoms with Gasteiger partial charge in [0, 0.05) is 0 Å². The van der Waals surface area contributed by atoms with Gasteiger partial charge in [0.15, 0.2) is 5.83 Å². The summed E-state index contributed by atoms with van der Waals surface area (Å²) in [4.78, 5) is 0. The van der Waals surface area contributed by atoms with Crippen molar-refractivity contribution in [3.63, 3.8) is 0 Å². The van der Waals surface area contributed by atoms with Crippen molar-refractivity contribution in [1.82, 2.24) is 0 Å². The van der Waals surface area contributed by atoms with Crippen LogP contribution in [0.1, 0.15) is 88.2 Å². The highest BCUT2D eigenvalue weighted by Crippen LogP contribution is 2.44. The van der Waals surface area contributed by atoms with Crippen LogP contribution in [-0.4, -0.2) is 0 Å². The molecule has 0 unspecified atom stereocenters. The molecule has 3 rings (SSSR count). The third-order valence-corrected chi connectivity index (χ3v) is 7.01. The quantitative estimate of drug-likeness (QED) is 0.478. The number of aryl methyl sites for hydroxylation is 1. The first-order chi connectivity index (χ1) is 13.2. The third-order valence-electron chi connectivity index (χ3n) is 7.01. The summed E-state index contributed by atoms with van der Waals surface area (Å²) in [6.45, 7) is 2.25. The van der Waals surface area contributed by atoms with Crippen LogP contribution in [0.25, 0.3) is 0 Å². The summed E-state index contributed by atoms with van der Waals surface area (Å²) in [6.07, 6.45) is 15.2. The number of hydrogen-bond acceptors (Lipinski definition) is 1. The van der Waals surface area contributed by atoms with Gasteiger partial charge >= 0.3 is 0 Å². The highest BCUT2D eigenvalue weighted by atomic mass is 19.1. The van der Waals surface area contributed by atoms with E-state index in [-0.39, 0.29) is 5.92 Å². The molecule has 0 heterocycles. The van der Waals surface area contributed by atoms with E-state index in [1.165, 1.54) is 68.9 Å². The Hall–Kier alpha value is -1.62. The molecule has 0 aliphatic heterocycles. The molecular formula is C25H34FN. The van der Waals surface area contributed by atoms with Crippen LogP contribution >= 0.6 is 0 Å². The van der Waals surface area contributed by atoms with E-state index >= 15 is 0 Å². The highest BCUT2D eigenvalue weighted by Gasteiger charge is 2.31. The fraction of sp³-hybridized carbons (Fsp3) is 0.640. The van der Waals surface area contributed by atoms with Crippen LogP contribution in [0, 0.1) is 29.1 Å². The Bertz CT molecular complexity index is 638. The highest BCUT2D eigenvalue weighted by molar-refractivity contribution is 5.26. The SMILES string of the molecule is CCCCc1ccc([C@H]2CC[C@H]([C@H]3CC[C@H](C=C(F)C#N)CC3)CC2)cc1. The largest absolute Gasteiger partial charge is 0.196 e. The molecule has 2 aliphatic rings. The first kappa shape index (κ1) is 20.1. The lowest BCUT2D eigenvalue weighted by Gasteiger charge is -2.37. The second kappa shape index (κ2) is 10.1. The van der Waals surface area contributed by atoms with Gasteiger partial charge < -0.3 is 0 Å². The molecule has 1 nitrogen and oxygen atoms in total. The van der Waals surface area contributed by atoms with Gasteiger partial charge in [0.2, 0.25) is 0 Å². The van der Waals surface area contributed by atoms with Gasteiger partial charge in [0.05, 0.1) is 0 Å². The van der Waals surface area contributed by atoms with E-state index in [0.717, 1.165) is 30.6 Å². The van der Waals surface area contributed by atoms with Crippen LogP contribution in [0.4, 0.5) is 4.39 Å². The lowest BCUT2D eigenvalue weighted by atomic mass is 9.68. The summed E-state index contributed by atoms with van der Waals surface area (Å²) in [5.74, 6) is 2.10. The van der Waals surface area contributed by atoms with Crippen LogP contribution in [-0.2, 0) is 6.42 Å². The zero-order valence-electron chi connectivity index (χ0n) is 16.8. The van der Waals surface area contributed by atoms with Crippen LogP contribution in [0.5, 0.6) is 0 Å². The number of nitrogens with zero attached hydrogens (tertiary/aromatic N) is 1. The molecule has 0 spiro atoms. The van der Waals surface area contributed by atoms with Gasteiger partial charge in [-0.25, -0.2) is 0 Å². The average molecular weight is 368 g/mol. The first-order valence-electron chi connectivity index (χ1n) is 11.1. The maximum absolute atomic E-state index is 13.2. The fourth-order valence-corrected chi connectivity index (χ4v) is 5.29. The zero-order valence-corrected chi connectivity index (χ0v) is 16.8. The second-order valence-corrected chi connectivity index (χ2v) is 8.76. The van der Waals surface area contributed by atoms with E-state index in [2.05, 4.69) is 31.2 Å². The van der Waals surface area contributed by atoms with Gasteiger partial charge in [-0.3, -0.25) is 0 Å². The Kier molecular flexibility index (Phi) is 7.50. The smallest absolute Gasteiger partial charge is 0.195 e. The Morgan fingerprint density at radius 3 is 2.15 bits per heavy atom. The van der Waals surface area contributed by atoms with Crippen molar-refractivity contribution in [1.29, 1.82) is 5.26 Å². The summed E-state index contributed by atoms with van der Waals surface area (Å²) in [5.41, 5.74) is 3.02. The zero-order chi connectivity index (χ0) is 19.1. The van der Waals surface area contributed by atoms with Gasteiger partial charge in [-0.05, 0) is 105 Å². The molecule has 2 heteroatoms. The lowest BCUT2D eigenvalue weighted by molar-refractivity contribution is 0.171. The van der Waals surface area contributed by atoms with E-state index in [1.54, 1.807) is 12.1 Å². The van der Waals surface area contributed by atoms with E-state index in [9.17, 15) is 4.39 Å². The molecule has 0 atom stereocenters. The van der Waals surface area contributed by atoms with Gasteiger partial charge in [-0.15, -0.1) is 0 Å². The number of halogens is 1. The van der Waals surface area contributed by atoms with Crippen molar-refractivity contribution in [3.05, 3.63) is 47.3 Å². The summed E-state index contributed by atoms with van der Waals surface area (Å²) >= 11 is 0. The van der Waals surface area contributed by atoms with Gasteiger partial charge in [0.25, 0.3) is 0 Å². The van der Waals surface area contributed by atoms with Crippen molar-refractivity contribution in [2.75, 3.05) is 0 Å². The molecule has 2 fully saturated rings. The molecule has 1 aromatic carbocycles. The Labute approximate surface area is 164 Å². The normalized spacial score (nSPS) is 29.3. The average Bonchev–Trinajstić information content (AvgIpc) is 2.73. The van der Waals surface area contributed by atoms with E-state index in [4.69, 9.17) is 5.26 Å². The minimum absolute atomic E-state index is 0.281. The third kappa shape index (κ3) is 5.68. The van der Waals surface area contributed by atoms with Crippen molar-refractivity contribution in [2.24, 2.45) is 17.8 Å². The molecule has 0 amide bonds. The topological polar surface area (TPSA) is 23.8 Å². The maximum Gasteiger partial charge on any atom is 0.196 e. The fourth-order valence-electron chi connectivity index (χ4n) is 5.29. The number of benzene rings is 1. The Morgan fingerprint density at radius 2 is 1.59 bits per heavy atom. The van der Waals surface area contributed by atoms with Crippen LogP contribution < -0.4 is 0 Å². The molecular weight excluding hydrogens is 333 g/mol. The van der Waals surface area contributed by atoms with E-state index < -0.39 is 5.83 Å². The number of hydrogen-bond donors (Lipinski definition) is 0. The van der Waals surface area contributed by atoms with Crippen molar-refractivity contribution < 1.29 is 4.39 Å². The van der Waals surface area contributed by atoms with Crippen LogP contribution in [0.3, 0.4) is 0 Å². The van der Waals surface area contributed by atoms with E-state index in [1.807, 2.05) is 0 Å². The molecule has 0 radical (unpaired) electrons. The van der Waals surface area contributed by atoms with Gasteiger partial charge in [-0.2, -0.15) is 9.65 Å². The van der Waals surface area contributed by atoms with Crippen LogP contribution in [0.15, 0.2) is 36.2 Å². The molecule has 2 aliphatic carbocycles. The molecule has 0 bridgehead atoms. The summed E-state index contributed by atoms with van der Waals surface area (Å²) in [7, 11) is 0. The van der Waals surface area contributed by atoms with Crippen molar-refractivity contribution in [2.45, 2.75) is 83.5 Å². The number of unbranched alkanes of at least 4 members (excludes halogenated alkanes) is 1. The first-order valence-corrected chi connectivity index (χ1v) is 11.1. The predicted molar refractivity (Wildman–Crippen MR) is 110 cm³/mol. The number of allylic oxidation sites excluding steroid dienone is 2. The van der Waals surface area contributed by atoms with Gasteiger partial charge in [-0.1, -0.05) is 37.6 Å². The monoisotopic (exact) mass is 367 g/mol. The standard InChI is InChI=1S/C25H34FN/c1-2-3-4-19-5-9-21(10-6-19)23-13-15-24(16-14-23)22-11-7-20(8-12-22)17-25(26)18-27/h5-6,9-10,17,20,22-24H,2-4,7-8,11-16H2,1H3/t20-,22-,23-,24-. The summed E-state index contributed by atoms with van der Waals surface area (Å²) in [5, 5.41) is 8.60. The van der Waals surface area contributed by atoms with Crippen molar-refractivity contribution in [3.8, 4) is 6.07 Å². The van der Waals surface area contributed by atoms with Crippen molar-refractivity contribution >= 4 is 0 Å². The Balaban J connectivity index is 1.45. The molecule has 0 aromatic heterocycles. The second-order valence-electron chi connectivity index (χ2n) is 8.76. The summed E-state index contributed by atoms with van der Waals surface area (Å²) in [6, 6.07) is 11.0. The maximum atomic E-state index is 13.2. The minimum atomic E-state index is -0.598. The molecule has 27 heavy (non-hydrogen) atoms. The van der Waals surface area contributed by atoms with Crippen LogP contribution in [0.2, 0.25) is 0 Å². The predicted octanol–water partition coefficient (Wildman–Crippen LogP) is 7.49. The molecule has 0 saturated heterocycles. The summed E-state index contributed by atoms with van der Waals surface area (Å²) < 4.78 is 13.2. The van der Waals surface area contributed by atoms with Gasteiger partial charge in [0.1, 0.15) is 6.07 Å².